The summed E-state index contributed by atoms with van der Waals surface area (Å²) >= 11 is 4.05. The fourth-order valence-electron chi connectivity index (χ4n) is 3.06. The lowest BCUT2D eigenvalue weighted by Gasteiger charge is -2.30. The Kier molecular flexibility index (Phi) is 4.47. The van der Waals surface area contributed by atoms with Crippen molar-refractivity contribution in [3.8, 4) is 0 Å². The molecule has 2 heterocycles. The van der Waals surface area contributed by atoms with Crippen molar-refractivity contribution in [1.29, 1.82) is 0 Å². The van der Waals surface area contributed by atoms with Gasteiger partial charge in [0.05, 0.1) is 11.7 Å². The molecule has 3 rings (SSSR count). The maximum Gasteiger partial charge on any atom is 0.111 e. The lowest BCUT2D eigenvalue weighted by Crippen LogP contribution is -2.32. The molecule has 1 aromatic heterocycles. The third kappa shape index (κ3) is 2.84. The second kappa shape index (κ2) is 6.12. The van der Waals surface area contributed by atoms with Crippen LogP contribution in [0.1, 0.15) is 40.4 Å². The monoisotopic (exact) mass is 297 g/mol. The first-order valence-corrected chi connectivity index (χ1v) is 9.18. The molecule has 1 N–H and O–H groups in total. The molecule has 1 aliphatic heterocycles. The SMILES string of the molecule is CNCC1CCCc2sc(C3CSCCN3C)nc21. The van der Waals surface area contributed by atoms with E-state index in [1.807, 2.05) is 18.4 Å². The Morgan fingerprint density at radius 3 is 3.16 bits per heavy atom. The number of hydrogen-bond donors (Lipinski definition) is 1. The van der Waals surface area contributed by atoms with E-state index in [9.17, 15) is 0 Å². The number of aryl methyl sites for hydroxylation is 1. The molecule has 2 unspecified atom stereocenters. The third-order valence-electron chi connectivity index (χ3n) is 4.22. The molecule has 0 radical (unpaired) electrons. The molecule has 0 spiro atoms. The quantitative estimate of drug-likeness (QED) is 0.928. The molecule has 0 amide bonds. The summed E-state index contributed by atoms with van der Waals surface area (Å²) in [7, 11) is 4.29. The highest BCUT2D eigenvalue weighted by atomic mass is 32.2. The summed E-state index contributed by atoms with van der Waals surface area (Å²) in [4.78, 5) is 9.09. The van der Waals surface area contributed by atoms with Gasteiger partial charge in [0.15, 0.2) is 0 Å². The second-order valence-corrected chi connectivity index (χ2v) is 7.84. The minimum absolute atomic E-state index is 0.546. The van der Waals surface area contributed by atoms with E-state index in [-0.39, 0.29) is 0 Å². The Labute approximate surface area is 124 Å². The van der Waals surface area contributed by atoms with Gasteiger partial charge < -0.3 is 5.32 Å². The molecular weight excluding hydrogens is 274 g/mol. The van der Waals surface area contributed by atoms with Gasteiger partial charge in [0.1, 0.15) is 5.01 Å². The highest BCUT2D eigenvalue weighted by Gasteiger charge is 2.29. The van der Waals surface area contributed by atoms with Gasteiger partial charge in [-0.15, -0.1) is 11.3 Å². The van der Waals surface area contributed by atoms with Crippen LogP contribution in [0.25, 0.3) is 0 Å². The molecule has 106 valence electrons. The Balaban J connectivity index is 1.84. The van der Waals surface area contributed by atoms with Gasteiger partial charge >= 0.3 is 0 Å². The molecule has 1 saturated heterocycles. The Morgan fingerprint density at radius 1 is 1.47 bits per heavy atom. The van der Waals surface area contributed by atoms with Gasteiger partial charge in [-0.25, -0.2) is 4.98 Å². The molecule has 2 atom stereocenters. The average molecular weight is 297 g/mol. The number of nitrogens with one attached hydrogen (secondary N) is 1. The highest BCUT2D eigenvalue weighted by molar-refractivity contribution is 7.99. The van der Waals surface area contributed by atoms with E-state index in [2.05, 4.69) is 29.0 Å². The van der Waals surface area contributed by atoms with E-state index >= 15 is 0 Å². The molecule has 1 aromatic rings. The summed E-state index contributed by atoms with van der Waals surface area (Å²) in [5.74, 6) is 3.11. The molecule has 3 nitrogen and oxygen atoms in total. The molecular formula is C14H23N3S2. The smallest absolute Gasteiger partial charge is 0.111 e. The molecule has 5 heteroatoms. The van der Waals surface area contributed by atoms with Gasteiger partial charge in [0.25, 0.3) is 0 Å². The number of fused-ring (bicyclic) bond motifs is 1. The minimum Gasteiger partial charge on any atom is -0.319 e. The van der Waals surface area contributed by atoms with Crippen LogP contribution in [0, 0.1) is 0 Å². The van der Waals surface area contributed by atoms with Gasteiger partial charge in [-0.2, -0.15) is 11.8 Å². The van der Waals surface area contributed by atoms with Crippen LogP contribution < -0.4 is 5.32 Å². The van der Waals surface area contributed by atoms with Crippen LogP contribution in [0.4, 0.5) is 0 Å². The zero-order valence-electron chi connectivity index (χ0n) is 11.8. The predicted octanol–water partition coefficient (Wildman–Crippen LogP) is 2.50. The molecule has 19 heavy (non-hydrogen) atoms. The number of nitrogens with zero attached hydrogens (tertiary/aromatic N) is 2. The summed E-state index contributed by atoms with van der Waals surface area (Å²) in [6.45, 7) is 2.27. The lowest BCUT2D eigenvalue weighted by molar-refractivity contribution is 0.273. The Hall–Kier alpha value is -0.100. The molecule has 0 bridgehead atoms. The van der Waals surface area contributed by atoms with Gasteiger partial charge in [-0.05, 0) is 33.4 Å². The minimum atomic E-state index is 0.546. The predicted molar refractivity (Wildman–Crippen MR) is 84.4 cm³/mol. The summed E-state index contributed by atoms with van der Waals surface area (Å²) in [6, 6.07) is 0.546. The van der Waals surface area contributed by atoms with E-state index in [1.165, 1.54) is 48.0 Å². The average Bonchev–Trinajstić information content (AvgIpc) is 2.84. The summed E-state index contributed by atoms with van der Waals surface area (Å²) in [5.41, 5.74) is 1.41. The van der Waals surface area contributed by atoms with Gasteiger partial charge in [-0.3, -0.25) is 4.90 Å². The second-order valence-electron chi connectivity index (χ2n) is 5.58. The number of rotatable bonds is 3. The normalized spacial score (nSPS) is 28.3. The number of likely N-dealkylation sites (N-methyl/N-ethyl adjacent to an activating group) is 1. The largest absolute Gasteiger partial charge is 0.319 e. The van der Waals surface area contributed by atoms with E-state index in [4.69, 9.17) is 4.98 Å². The number of aromatic nitrogens is 1. The Morgan fingerprint density at radius 2 is 2.37 bits per heavy atom. The first kappa shape index (κ1) is 13.9. The van der Waals surface area contributed by atoms with Gasteiger partial charge in [0, 0.05) is 35.4 Å². The van der Waals surface area contributed by atoms with Crippen molar-refractivity contribution < 1.29 is 0 Å². The molecule has 0 aromatic carbocycles. The first-order chi connectivity index (χ1) is 9.29. The summed E-state index contributed by atoms with van der Waals surface area (Å²) in [5, 5.41) is 4.69. The van der Waals surface area contributed by atoms with Crippen molar-refractivity contribution in [1.82, 2.24) is 15.2 Å². The van der Waals surface area contributed by atoms with E-state index in [0.29, 0.717) is 12.0 Å². The van der Waals surface area contributed by atoms with Gasteiger partial charge in [-0.1, -0.05) is 0 Å². The number of hydrogen-bond acceptors (Lipinski definition) is 5. The Bertz CT molecular complexity index is 432. The fraction of sp³-hybridized carbons (Fsp3) is 0.786. The van der Waals surface area contributed by atoms with Crippen LogP contribution in [-0.4, -0.2) is 48.6 Å². The lowest BCUT2D eigenvalue weighted by atomic mass is 9.91. The van der Waals surface area contributed by atoms with Crippen molar-refractivity contribution in [2.45, 2.75) is 31.2 Å². The van der Waals surface area contributed by atoms with E-state index < -0.39 is 0 Å². The molecule has 1 aliphatic carbocycles. The topological polar surface area (TPSA) is 28.2 Å². The fourth-order valence-corrected chi connectivity index (χ4v) is 5.74. The van der Waals surface area contributed by atoms with Crippen LogP contribution in [0.2, 0.25) is 0 Å². The zero-order valence-corrected chi connectivity index (χ0v) is 13.4. The number of thiazole rings is 1. The van der Waals surface area contributed by atoms with Crippen LogP contribution in [0.15, 0.2) is 0 Å². The van der Waals surface area contributed by atoms with Crippen LogP contribution in [0.3, 0.4) is 0 Å². The van der Waals surface area contributed by atoms with E-state index in [1.54, 1.807) is 4.88 Å². The molecule has 1 fully saturated rings. The number of thioether (sulfide) groups is 1. The summed E-state index contributed by atoms with van der Waals surface area (Å²) < 4.78 is 0. The molecule has 2 aliphatic rings. The van der Waals surface area contributed by atoms with Gasteiger partial charge in [0.2, 0.25) is 0 Å². The first-order valence-electron chi connectivity index (χ1n) is 7.21. The maximum atomic E-state index is 5.05. The summed E-state index contributed by atoms with van der Waals surface area (Å²) in [6.07, 6.45) is 3.87. The third-order valence-corrected chi connectivity index (χ3v) is 6.47. The standard InChI is InChI=1S/C14H23N3S2/c1-15-8-10-4-3-5-12-13(10)16-14(19-12)11-9-18-7-6-17(11)2/h10-11,15H,3-9H2,1-2H3. The van der Waals surface area contributed by atoms with Crippen LogP contribution >= 0.6 is 23.1 Å². The van der Waals surface area contributed by atoms with Crippen molar-refractivity contribution in [2.75, 3.05) is 38.7 Å². The van der Waals surface area contributed by atoms with E-state index in [0.717, 1.165) is 6.54 Å². The molecule has 0 saturated carbocycles. The van der Waals surface area contributed by atoms with Crippen LogP contribution in [-0.2, 0) is 6.42 Å². The van der Waals surface area contributed by atoms with Crippen LogP contribution in [0.5, 0.6) is 0 Å². The van der Waals surface area contributed by atoms with Crippen molar-refractivity contribution in [3.63, 3.8) is 0 Å². The zero-order chi connectivity index (χ0) is 13.2. The van der Waals surface area contributed by atoms with Crippen molar-refractivity contribution >= 4 is 23.1 Å². The maximum absolute atomic E-state index is 5.05. The van der Waals surface area contributed by atoms with Crippen molar-refractivity contribution in [2.24, 2.45) is 0 Å². The van der Waals surface area contributed by atoms with Crippen molar-refractivity contribution in [3.05, 3.63) is 15.6 Å². The highest BCUT2D eigenvalue weighted by Crippen LogP contribution is 2.38.